The lowest BCUT2D eigenvalue weighted by atomic mass is 9.96. The van der Waals surface area contributed by atoms with Crippen LogP contribution < -0.4 is 0 Å². The third-order valence-corrected chi connectivity index (χ3v) is 4.14. The van der Waals surface area contributed by atoms with Crippen molar-refractivity contribution in [2.45, 2.75) is 56.4 Å². The molecular weight excluding hydrogens is 248 g/mol. The van der Waals surface area contributed by atoms with Crippen LogP contribution in [0.15, 0.2) is 12.3 Å². The molecule has 1 heterocycles. The summed E-state index contributed by atoms with van der Waals surface area (Å²) in [5.41, 5.74) is 1.36. The van der Waals surface area contributed by atoms with Crippen molar-refractivity contribution in [1.82, 2.24) is 9.78 Å². The van der Waals surface area contributed by atoms with Gasteiger partial charge in [0.2, 0.25) is 0 Å². The number of rotatable bonds is 5. The van der Waals surface area contributed by atoms with Gasteiger partial charge < -0.3 is 4.74 Å². The summed E-state index contributed by atoms with van der Waals surface area (Å²) in [6.07, 6.45) is 8.99. The molecule has 1 aliphatic carbocycles. The zero-order chi connectivity index (χ0) is 12.8. The van der Waals surface area contributed by atoms with E-state index >= 15 is 0 Å². The Morgan fingerprint density at radius 3 is 3.11 bits per heavy atom. The number of nitrogens with zero attached hydrogens (tertiary/aromatic N) is 2. The van der Waals surface area contributed by atoms with Crippen LogP contribution in [0.4, 0.5) is 0 Å². The molecule has 2 atom stereocenters. The molecular formula is C14H23ClN2O. The van der Waals surface area contributed by atoms with Crippen molar-refractivity contribution < 1.29 is 4.74 Å². The quantitative estimate of drug-likeness (QED) is 0.465. The van der Waals surface area contributed by atoms with E-state index in [1.54, 1.807) is 7.11 Å². The monoisotopic (exact) mass is 270 g/mol. The molecule has 1 fully saturated rings. The zero-order valence-electron chi connectivity index (χ0n) is 11.1. The predicted molar refractivity (Wildman–Crippen MR) is 74.2 cm³/mol. The average molecular weight is 271 g/mol. The summed E-state index contributed by atoms with van der Waals surface area (Å²) in [6, 6.07) is 2.16. The van der Waals surface area contributed by atoms with Crippen LogP contribution in [-0.2, 0) is 11.3 Å². The lowest BCUT2D eigenvalue weighted by Crippen LogP contribution is -2.12. The van der Waals surface area contributed by atoms with E-state index in [0.29, 0.717) is 11.3 Å². The van der Waals surface area contributed by atoms with Crippen LogP contribution in [0.1, 0.15) is 50.1 Å². The highest BCUT2D eigenvalue weighted by molar-refractivity contribution is 6.20. The molecule has 2 unspecified atom stereocenters. The van der Waals surface area contributed by atoms with E-state index < -0.39 is 0 Å². The van der Waals surface area contributed by atoms with E-state index in [-0.39, 0.29) is 0 Å². The molecule has 18 heavy (non-hydrogen) atoms. The van der Waals surface area contributed by atoms with E-state index in [2.05, 4.69) is 15.8 Å². The molecule has 0 radical (unpaired) electrons. The molecule has 0 saturated heterocycles. The van der Waals surface area contributed by atoms with Crippen LogP contribution in [0.3, 0.4) is 0 Å². The van der Waals surface area contributed by atoms with Crippen molar-refractivity contribution >= 4 is 11.6 Å². The van der Waals surface area contributed by atoms with Gasteiger partial charge in [-0.05, 0) is 31.7 Å². The first-order valence-corrected chi connectivity index (χ1v) is 7.39. The fourth-order valence-corrected chi connectivity index (χ4v) is 3.17. The Kier molecular flexibility index (Phi) is 5.51. The molecule has 4 heteroatoms. The van der Waals surface area contributed by atoms with Gasteiger partial charge in [-0.3, -0.25) is 4.68 Å². The molecule has 1 aromatic heterocycles. The summed E-state index contributed by atoms with van der Waals surface area (Å²) in [7, 11) is 1.74. The Morgan fingerprint density at radius 1 is 1.44 bits per heavy atom. The number of methoxy groups -OCH3 is 1. The third-order valence-electron chi connectivity index (χ3n) is 3.75. The van der Waals surface area contributed by atoms with Crippen molar-refractivity contribution in [3.05, 3.63) is 18.0 Å². The summed E-state index contributed by atoms with van der Waals surface area (Å²) < 4.78 is 7.24. The second-order valence-electron chi connectivity index (χ2n) is 5.14. The van der Waals surface area contributed by atoms with E-state index in [4.69, 9.17) is 16.3 Å². The number of alkyl halides is 1. The van der Waals surface area contributed by atoms with Crippen LogP contribution in [0.5, 0.6) is 0 Å². The topological polar surface area (TPSA) is 27.1 Å². The lowest BCUT2D eigenvalue weighted by Gasteiger charge is -2.18. The minimum absolute atomic E-state index is 0.333. The maximum Gasteiger partial charge on any atom is 0.0492 e. The highest BCUT2D eigenvalue weighted by atomic mass is 35.5. The normalized spacial score (nSPS) is 25.0. The van der Waals surface area contributed by atoms with E-state index in [1.165, 1.54) is 25.0 Å². The maximum absolute atomic E-state index is 6.36. The van der Waals surface area contributed by atoms with Crippen LogP contribution in [0.2, 0.25) is 0 Å². The number of aryl methyl sites for hydroxylation is 1. The Balaban J connectivity index is 2.00. The van der Waals surface area contributed by atoms with E-state index in [1.807, 2.05) is 6.20 Å². The van der Waals surface area contributed by atoms with Gasteiger partial charge in [-0.1, -0.05) is 12.8 Å². The van der Waals surface area contributed by atoms with Gasteiger partial charge in [-0.2, -0.15) is 5.10 Å². The highest BCUT2D eigenvalue weighted by Gasteiger charge is 2.22. The second-order valence-corrected chi connectivity index (χ2v) is 5.76. The maximum atomic E-state index is 6.36. The fraction of sp³-hybridized carbons (Fsp3) is 0.786. The largest absolute Gasteiger partial charge is 0.385 e. The Morgan fingerprint density at radius 2 is 2.28 bits per heavy atom. The van der Waals surface area contributed by atoms with Gasteiger partial charge in [-0.15, -0.1) is 11.6 Å². The van der Waals surface area contributed by atoms with Gasteiger partial charge in [0.05, 0.1) is 0 Å². The average Bonchev–Trinajstić information content (AvgIpc) is 2.71. The van der Waals surface area contributed by atoms with Gasteiger partial charge in [0.15, 0.2) is 0 Å². The predicted octanol–water partition coefficient (Wildman–Crippen LogP) is 3.57. The molecule has 0 N–H and O–H groups in total. The van der Waals surface area contributed by atoms with Crippen molar-refractivity contribution in [2.24, 2.45) is 0 Å². The highest BCUT2D eigenvalue weighted by Crippen LogP contribution is 2.33. The van der Waals surface area contributed by atoms with E-state index in [9.17, 15) is 0 Å². The van der Waals surface area contributed by atoms with Crippen molar-refractivity contribution in [3.63, 3.8) is 0 Å². The molecule has 0 spiro atoms. The van der Waals surface area contributed by atoms with Gasteiger partial charge in [0.25, 0.3) is 0 Å². The fourth-order valence-electron chi connectivity index (χ4n) is 2.80. The van der Waals surface area contributed by atoms with E-state index in [0.717, 1.165) is 32.4 Å². The second kappa shape index (κ2) is 7.15. The number of aromatic nitrogens is 2. The SMILES string of the molecule is COCCCn1nccc1C1CCCCC(Cl)C1. The molecule has 0 aromatic carbocycles. The Hall–Kier alpha value is -0.540. The summed E-state index contributed by atoms with van der Waals surface area (Å²) in [6.45, 7) is 1.74. The van der Waals surface area contributed by atoms with Crippen molar-refractivity contribution in [1.29, 1.82) is 0 Å². The summed E-state index contributed by atoms with van der Waals surface area (Å²) >= 11 is 6.36. The number of halogens is 1. The number of hydrogen-bond acceptors (Lipinski definition) is 2. The van der Waals surface area contributed by atoms with Crippen LogP contribution in [0.25, 0.3) is 0 Å². The third kappa shape index (κ3) is 3.72. The molecule has 1 saturated carbocycles. The molecule has 0 amide bonds. The number of hydrogen-bond donors (Lipinski definition) is 0. The molecule has 0 bridgehead atoms. The first kappa shape index (κ1) is 13.9. The lowest BCUT2D eigenvalue weighted by molar-refractivity contribution is 0.188. The summed E-state index contributed by atoms with van der Waals surface area (Å²) in [5, 5.41) is 4.77. The standard InChI is InChI=1S/C14H23ClN2O/c1-18-10-4-9-17-14(7-8-16-17)12-5-2-3-6-13(15)11-12/h7-8,12-13H,2-6,9-11H2,1H3. The molecule has 2 rings (SSSR count). The Labute approximate surface area is 114 Å². The summed E-state index contributed by atoms with van der Waals surface area (Å²) in [4.78, 5) is 0. The smallest absolute Gasteiger partial charge is 0.0492 e. The molecule has 102 valence electrons. The molecule has 1 aliphatic rings. The van der Waals surface area contributed by atoms with Crippen molar-refractivity contribution in [3.8, 4) is 0 Å². The van der Waals surface area contributed by atoms with Gasteiger partial charge in [0, 0.05) is 43.4 Å². The van der Waals surface area contributed by atoms with Crippen molar-refractivity contribution in [2.75, 3.05) is 13.7 Å². The number of ether oxygens (including phenoxy) is 1. The van der Waals surface area contributed by atoms with Crippen LogP contribution in [0, 0.1) is 0 Å². The Bertz CT molecular complexity index is 353. The molecule has 1 aromatic rings. The van der Waals surface area contributed by atoms with Gasteiger partial charge >= 0.3 is 0 Å². The van der Waals surface area contributed by atoms with Crippen LogP contribution in [-0.4, -0.2) is 28.9 Å². The summed E-state index contributed by atoms with van der Waals surface area (Å²) in [5.74, 6) is 0.583. The van der Waals surface area contributed by atoms with Gasteiger partial charge in [0.1, 0.15) is 0 Å². The first-order chi connectivity index (χ1) is 8.81. The van der Waals surface area contributed by atoms with Crippen LogP contribution >= 0.6 is 11.6 Å². The zero-order valence-corrected chi connectivity index (χ0v) is 11.9. The molecule has 0 aliphatic heterocycles. The van der Waals surface area contributed by atoms with Gasteiger partial charge in [-0.25, -0.2) is 0 Å². The first-order valence-electron chi connectivity index (χ1n) is 6.96. The minimum atomic E-state index is 0.333. The molecule has 3 nitrogen and oxygen atoms in total. The minimum Gasteiger partial charge on any atom is -0.385 e.